The summed E-state index contributed by atoms with van der Waals surface area (Å²) >= 11 is 0. The SMILES string of the molecule is CC[C@@H]1CCN1C(C)=O. The van der Waals surface area contributed by atoms with Crippen LogP contribution in [-0.4, -0.2) is 23.4 Å². The average molecular weight is 127 g/mol. The maximum absolute atomic E-state index is 10.7. The second-order valence-electron chi connectivity index (χ2n) is 2.56. The van der Waals surface area contributed by atoms with Crippen LogP contribution < -0.4 is 0 Å². The van der Waals surface area contributed by atoms with Crippen molar-refractivity contribution < 1.29 is 4.79 Å². The maximum atomic E-state index is 10.7. The number of nitrogens with zero attached hydrogens (tertiary/aromatic N) is 1. The van der Waals surface area contributed by atoms with Crippen molar-refractivity contribution in [1.29, 1.82) is 0 Å². The van der Waals surface area contributed by atoms with Gasteiger partial charge in [0.15, 0.2) is 0 Å². The number of hydrogen-bond donors (Lipinski definition) is 0. The van der Waals surface area contributed by atoms with Gasteiger partial charge in [0.25, 0.3) is 0 Å². The first-order valence-corrected chi connectivity index (χ1v) is 3.53. The van der Waals surface area contributed by atoms with E-state index in [1.165, 1.54) is 6.42 Å². The molecule has 0 aromatic heterocycles. The van der Waals surface area contributed by atoms with Crippen LogP contribution in [0.1, 0.15) is 26.7 Å². The summed E-state index contributed by atoms with van der Waals surface area (Å²) in [6, 6.07) is 0.558. The van der Waals surface area contributed by atoms with E-state index in [2.05, 4.69) is 6.92 Å². The Morgan fingerprint density at radius 1 is 1.78 bits per heavy atom. The van der Waals surface area contributed by atoms with Crippen molar-refractivity contribution in [1.82, 2.24) is 4.90 Å². The minimum atomic E-state index is 0.230. The molecule has 2 nitrogen and oxygen atoms in total. The van der Waals surface area contributed by atoms with Gasteiger partial charge in [-0.3, -0.25) is 4.79 Å². The third-order valence-corrected chi connectivity index (χ3v) is 2.02. The van der Waals surface area contributed by atoms with Crippen molar-refractivity contribution in [2.24, 2.45) is 0 Å². The first kappa shape index (κ1) is 6.59. The molecule has 0 saturated carbocycles. The molecule has 1 amide bonds. The molecule has 0 aromatic rings. The van der Waals surface area contributed by atoms with Crippen LogP contribution >= 0.6 is 0 Å². The second-order valence-corrected chi connectivity index (χ2v) is 2.56. The topological polar surface area (TPSA) is 20.3 Å². The van der Waals surface area contributed by atoms with Crippen LogP contribution in [-0.2, 0) is 4.79 Å². The molecule has 0 N–H and O–H groups in total. The van der Waals surface area contributed by atoms with Crippen LogP contribution in [0.15, 0.2) is 0 Å². The van der Waals surface area contributed by atoms with Gasteiger partial charge in [-0.15, -0.1) is 0 Å². The third-order valence-electron chi connectivity index (χ3n) is 2.02. The number of carbonyl (C=O) groups excluding carboxylic acids is 1. The predicted molar refractivity (Wildman–Crippen MR) is 36.1 cm³/mol. The molecule has 1 atom stereocenters. The van der Waals surface area contributed by atoms with Crippen LogP contribution in [0.5, 0.6) is 0 Å². The molecule has 2 heteroatoms. The predicted octanol–water partition coefficient (Wildman–Crippen LogP) is 1.02. The van der Waals surface area contributed by atoms with E-state index in [-0.39, 0.29) is 5.91 Å². The molecule has 1 heterocycles. The summed E-state index contributed by atoms with van der Waals surface area (Å²) in [5.74, 6) is 0.230. The highest BCUT2D eigenvalue weighted by Gasteiger charge is 2.27. The number of carbonyl (C=O) groups is 1. The summed E-state index contributed by atoms with van der Waals surface area (Å²) in [5, 5.41) is 0. The first-order valence-electron chi connectivity index (χ1n) is 3.53. The molecule has 0 aliphatic carbocycles. The Morgan fingerprint density at radius 2 is 2.44 bits per heavy atom. The van der Waals surface area contributed by atoms with Crippen LogP contribution in [0, 0.1) is 0 Å². The Balaban J connectivity index is 2.35. The van der Waals surface area contributed by atoms with Gasteiger partial charge in [-0.25, -0.2) is 0 Å². The molecule has 1 fully saturated rings. The summed E-state index contributed by atoms with van der Waals surface area (Å²) in [4.78, 5) is 12.7. The van der Waals surface area contributed by atoms with Crippen molar-refractivity contribution in [2.45, 2.75) is 32.7 Å². The largest absolute Gasteiger partial charge is 0.340 e. The highest BCUT2D eigenvalue weighted by molar-refractivity contribution is 5.74. The summed E-state index contributed by atoms with van der Waals surface area (Å²) in [6.45, 7) is 4.75. The van der Waals surface area contributed by atoms with Crippen molar-refractivity contribution in [3.63, 3.8) is 0 Å². The zero-order valence-corrected chi connectivity index (χ0v) is 6.05. The molecular weight excluding hydrogens is 114 g/mol. The Morgan fingerprint density at radius 3 is 2.56 bits per heavy atom. The highest BCUT2D eigenvalue weighted by atomic mass is 16.2. The number of hydrogen-bond acceptors (Lipinski definition) is 1. The molecule has 1 aliphatic heterocycles. The third kappa shape index (κ3) is 1.07. The lowest BCUT2D eigenvalue weighted by Crippen LogP contribution is -2.49. The van der Waals surface area contributed by atoms with Gasteiger partial charge in [-0.2, -0.15) is 0 Å². The molecule has 1 rings (SSSR count). The molecule has 0 unspecified atom stereocenters. The van der Waals surface area contributed by atoms with E-state index in [4.69, 9.17) is 0 Å². The Hall–Kier alpha value is -0.530. The van der Waals surface area contributed by atoms with E-state index >= 15 is 0 Å². The summed E-state index contributed by atoms with van der Waals surface area (Å²) in [5.41, 5.74) is 0. The minimum Gasteiger partial charge on any atom is -0.340 e. The molecule has 9 heavy (non-hydrogen) atoms. The van der Waals surface area contributed by atoms with Crippen LogP contribution in [0.2, 0.25) is 0 Å². The molecule has 1 aliphatic rings. The van der Waals surface area contributed by atoms with Gasteiger partial charge in [-0.1, -0.05) is 6.92 Å². The number of likely N-dealkylation sites (tertiary alicyclic amines) is 1. The summed E-state index contributed by atoms with van der Waals surface area (Å²) in [7, 11) is 0. The lowest BCUT2D eigenvalue weighted by Gasteiger charge is -2.39. The van der Waals surface area contributed by atoms with E-state index in [0.717, 1.165) is 13.0 Å². The Kier molecular flexibility index (Phi) is 1.74. The molecule has 0 spiro atoms. The van der Waals surface area contributed by atoms with Crippen LogP contribution in [0.25, 0.3) is 0 Å². The Labute approximate surface area is 55.8 Å². The minimum absolute atomic E-state index is 0.230. The zero-order valence-electron chi connectivity index (χ0n) is 6.05. The fraction of sp³-hybridized carbons (Fsp3) is 0.857. The summed E-state index contributed by atoms with van der Waals surface area (Å²) < 4.78 is 0. The lowest BCUT2D eigenvalue weighted by molar-refractivity contribution is -0.136. The standard InChI is InChI=1S/C7H13NO/c1-3-7-4-5-8(7)6(2)9/h7H,3-5H2,1-2H3/t7-/m1/s1. The lowest BCUT2D eigenvalue weighted by atomic mass is 10.0. The smallest absolute Gasteiger partial charge is 0.219 e. The van der Waals surface area contributed by atoms with Gasteiger partial charge >= 0.3 is 0 Å². The van der Waals surface area contributed by atoms with Crippen molar-refractivity contribution in [3.05, 3.63) is 0 Å². The van der Waals surface area contributed by atoms with Gasteiger partial charge in [0.1, 0.15) is 0 Å². The quantitative estimate of drug-likeness (QED) is 0.515. The Bertz CT molecular complexity index is 120. The van der Waals surface area contributed by atoms with E-state index in [1.807, 2.05) is 4.90 Å². The molecule has 0 bridgehead atoms. The molecule has 0 radical (unpaired) electrons. The molecule has 52 valence electrons. The highest BCUT2D eigenvalue weighted by Crippen LogP contribution is 2.19. The number of amides is 1. The summed E-state index contributed by atoms with van der Waals surface area (Å²) in [6.07, 6.45) is 2.32. The molecule has 0 aromatic carbocycles. The van der Waals surface area contributed by atoms with Crippen LogP contribution in [0.3, 0.4) is 0 Å². The van der Waals surface area contributed by atoms with Crippen LogP contribution in [0.4, 0.5) is 0 Å². The zero-order chi connectivity index (χ0) is 6.85. The van der Waals surface area contributed by atoms with Gasteiger partial charge in [-0.05, 0) is 12.8 Å². The van der Waals surface area contributed by atoms with E-state index in [0.29, 0.717) is 6.04 Å². The van der Waals surface area contributed by atoms with E-state index < -0.39 is 0 Å². The monoisotopic (exact) mass is 127 g/mol. The molecular formula is C7H13NO. The normalized spacial score (nSPS) is 25.6. The van der Waals surface area contributed by atoms with Crippen molar-refractivity contribution in [2.75, 3.05) is 6.54 Å². The fourth-order valence-corrected chi connectivity index (χ4v) is 1.28. The van der Waals surface area contributed by atoms with Crippen molar-refractivity contribution >= 4 is 5.91 Å². The van der Waals surface area contributed by atoms with Gasteiger partial charge in [0.2, 0.25) is 5.91 Å². The van der Waals surface area contributed by atoms with E-state index in [9.17, 15) is 4.79 Å². The number of rotatable bonds is 1. The first-order chi connectivity index (χ1) is 4.25. The van der Waals surface area contributed by atoms with Gasteiger partial charge in [0, 0.05) is 19.5 Å². The molecule has 1 saturated heterocycles. The van der Waals surface area contributed by atoms with E-state index in [1.54, 1.807) is 6.92 Å². The van der Waals surface area contributed by atoms with Crippen molar-refractivity contribution in [3.8, 4) is 0 Å². The average Bonchev–Trinajstić information content (AvgIpc) is 1.61. The maximum Gasteiger partial charge on any atom is 0.219 e. The van der Waals surface area contributed by atoms with Gasteiger partial charge in [0.05, 0.1) is 0 Å². The second kappa shape index (κ2) is 2.38. The van der Waals surface area contributed by atoms with Gasteiger partial charge < -0.3 is 4.90 Å². The fourth-order valence-electron chi connectivity index (χ4n) is 1.28.